The van der Waals surface area contributed by atoms with Crippen LogP contribution in [0.1, 0.15) is 20.7 Å². The predicted octanol–water partition coefficient (Wildman–Crippen LogP) is 1.15. The minimum absolute atomic E-state index is 0.429. The normalized spacial score (nSPS) is 12.6. The van der Waals surface area contributed by atoms with Gasteiger partial charge in [0.2, 0.25) is 0 Å². The van der Waals surface area contributed by atoms with Crippen molar-refractivity contribution < 1.29 is 9.59 Å². The average molecular weight is 229 g/mol. The number of ketones is 2. The van der Waals surface area contributed by atoms with Crippen molar-refractivity contribution in [1.29, 1.82) is 0 Å². The van der Waals surface area contributed by atoms with Crippen molar-refractivity contribution in [2.75, 3.05) is 0 Å². The van der Waals surface area contributed by atoms with Gasteiger partial charge in [-0.1, -0.05) is 0 Å². The molecule has 0 saturated carbocycles. The SMILES string of the molecule is [B]=Bc1ccc2c(c1)C(=O)C(=O)c1ccccc1-2. The summed E-state index contributed by atoms with van der Waals surface area (Å²) in [5.74, 6) is -0.917. The van der Waals surface area contributed by atoms with Crippen molar-refractivity contribution in [3.63, 3.8) is 0 Å². The average Bonchev–Trinajstić information content (AvgIpc) is 2.44. The molecule has 0 bridgehead atoms. The molecular formula is C14H7B2O2. The van der Waals surface area contributed by atoms with Gasteiger partial charge in [-0.15, -0.1) is 0 Å². The van der Waals surface area contributed by atoms with E-state index < -0.39 is 11.6 Å². The summed E-state index contributed by atoms with van der Waals surface area (Å²) in [7, 11) is 5.44. The standard InChI is InChI=1S/C14H7B2O2/c15-16-8-5-6-10-9-3-1-2-4-11(9)13(17)14(18)12(10)7-8/h1-7H. The van der Waals surface area contributed by atoms with Gasteiger partial charge in [0, 0.05) is 0 Å². The van der Waals surface area contributed by atoms with E-state index in [1.165, 1.54) is 6.80 Å². The van der Waals surface area contributed by atoms with Crippen molar-refractivity contribution in [3.05, 3.63) is 53.6 Å². The minimum atomic E-state index is -0.465. The molecule has 0 fully saturated rings. The number of Topliss-reactive ketones (excluding diaryl/α,β-unsaturated/α-hetero) is 2. The van der Waals surface area contributed by atoms with Crippen LogP contribution in [-0.4, -0.2) is 25.7 Å². The molecular weight excluding hydrogens is 222 g/mol. The van der Waals surface area contributed by atoms with E-state index in [-0.39, 0.29) is 0 Å². The molecule has 3 rings (SSSR count). The van der Waals surface area contributed by atoms with Gasteiger partial charge in [0.1, 0.15) is 0 Å². The number of hydrogen-bond acceptors (Lipinski definition) is 2. The van der Waals surface area contributed by atoms with Gasteiger partial charge in [0.25, 0.3) is 0 Å². The molecule has 1 aliphatic rings. The van der Waals surface area contributed by atoms with E-state index in [2.05, 4.69) is 0 Å². The molecule has 1 aliphatic carbocycles. The summed E-state index contributed by atoms with van der Waals surface area (Å²) in [5, 5.41) is 0. The van der Waals surface area contributed by atoms with E-state index in [9.17, 15) is 9.59 Å². The fourth-order valence-electron chi connectivity index (χ4n) is 2.25. The summed E-state index contributed by atoms with van der Waals surface area (Å²) in [6.45, 7) is 1.42. The Morgan fingerprint density at radius 1 is 0.778 bits per heavy atom. The van der Waals surface area contributed by atoms with E-state index in [0.29, 0.717) is 11.1 Å². The Hall–Kier alpha value is -2.09. The molecule has 0 unspecified atom stereocenters. The molecule has 0 N–H and O–H groups in total. The fraction of sp³-hybridized carbons (Fsp3) is 0. The van der Waals surface area contributed by atoms with Crippen molar-refractivity contribution in [2.45, 2.75) is 0 Å². The summed E-state index contributed by atoms with van der Waals surface area (Å²) in [5.41, 5.74) is 3.23. The molecule has 0 amide bonds. The maximum atomic E-state index is 12.0. The maximum absolute atomic E-state index is 12.0. The fourth-order valence-corrected chi connectivity index (χ4v) is 2.25. The van der Waals surface area contributed by atoms with E-state index in [4.69, 9.17) is 7.37 Å². The first kappa shape index (κ1) is 11.0. The van der Waals surface area contributed by atoms with Gasteiger partial charge in [-0.2, -0.15) is 0 Å². The summed E-state index contributed by atoms with van der Waals surface area (Å²) in [4.78, 5) is 24.0. The predicted molar refractivity (Wildman–Crippen MR) is 71.7 cm³/mol. The van der Waals surface area contributed by atoms with Crippen LogP contribution in [0.25, 0.3) is 11.1 Å². The van der Waals surface area contributed by atoms with Crippen LogP contribution >= 0.6 is 0 Å². The topological polar surface area (TPSA) is 34.1 Å². The molecule has 18 heavy (non-hydrogen) atoms. The third kappa shape index (κ3) is 1.46. The second kappa shape index (κ2) is 3.98. The van der Waals surface area contributed by atoms with Crippen LogP contribution in [0.2, 0.25) is 0 Å². The van der Waals surface area contributed by atoms with Crippen molar-refractivity contribution in [1.82, 2.24) is 0 Å². The summed E-state index contributed by atoms with van der Waals surface area (Å²) in [6.07, 6.45) is 0. The molecule has 0 aliphatic heterocycles. The van der Waals surface area contributed by atoms with Gasteiger partial charge in [0.05, 0.1) is 0 Å². The monoisotopic (exact) mass is 229 g/mol. The summed E-state index contributed by atoms with van der Waals surface area (Å²) in [6, 6.07) is 12.5. The molecule has 0 spiro atoms. The molecule has 4 heteroatoms. The van der Waals surface area contributed by atoms with Gasteiger partial charge >= 0.3 is 106 Å². The zero-order valence-electron chi connectivity index (χ0n) is 9.51. The Bertz CT molecular complexity index is 705. The molecule has 2 aromatic carbocycles. The van der Waals surface area contributed by atoms with Crippen LogP contribution in [0.4, 0.5) is 0 Å². The first-order valence-corrected chi connectivity index (χ1v) is 5.60. The van der Waals surface area contributed by atoms with Crippen molar-refractivity contribution in [2.24, 2.45) is 0 Å². The number of carbonyl (C=O) groups is 2. The van der Waals surface area contributed by atoms with Crippen LogP contribution < -0.4 is 5.46 Å². The van der Waals surface area contributed by atoms with Crippen LogP contribution in [0.3, 0.4) is 0 Å². The number of benzene rings is 2. The molecule has 0 heterocycles. The van der Waals surface area contributed by atoms with Crippen LogP contribution in [0.5, 0.6) is 0 Å². The first-order chi connectivity index (χ1) is 8.72. The Kier molecular flexibility index (Phi) is 2.44. The Balaban J connectivity index is 2.36. The second-order valence-electron chi connectivity index (χ2n) is 4.18. The molecule has 0 atom stereocenters. The molecule has 0 aromatic heterocycles. The van der Waals surface area contributed by atoms with Gasteiger partial charge in [0.15, 0.2) is 0 Å². The van der Waals surface area contributed by atoms with Gasteiger partial charge in [-0.25, -0.2) is 0 Å². The first-order valence-electron chi connectivity index (χ1n) is 5.60. The van der Waals surface area contributed by atoms with Crippen LogP contribution in [0, 0.1) is 0 Å². The number of fused-ring (bicyclic) bond motifs is 3. The zero-order chi connectivity index (χ0) is 12.7. The van der Waals surface area contributed by atoms with E-state index in [0.717, 1.165) is 16.6 Å². The van der Waals surface area contributed by atoms with Crippen molar-refractivity contribution >= 4 is 31.2 Å². The van der Waals surface area contributed by atoms with Gasteiger partial charge in [-0.3, -0.25) is 0 Å². The van der Waals surface area contributed by atoms with Gasteiger partial charge < -0.3 is 0 Å². The van der Waals surface area contributed by atoms with E-state index in [1.807, 2.05) is 24.3 Å². The summed E-state index contributed by atoms with van der Waals surface area (Å²) < 4.78 is 0. The number of rotatable bonds is 1. The van der Waals surface area contributed by atoms with Crippen LogP contribution in [0.15, 0.2) is 42.5 Å². The van der Waals surface area contributed by atoms with Crippen LogP contribution in [-0.2, 0) is 0 Å². The number of hydrogen-bond donors (Lipinski definition) is 0. The third-order valence-corrected chi connectivity index (χ3v) is 3.15. The van der Waals surface area contributed by atoms with Crippen molar-refractivity contribution in [3.8, 4) is 11.1 Å². The Morgan fingerprint density at radius 2 is 1.39 bits per heavy atom. The van der Waals surface area contributed by atoms with E-state index >= 15 is 0 Å². The van der Waals surface area contributed by atoms with E-state index in [1.54, 1.807) is 18.2 Å². The second-order valence-corrected chi connectivity index (χ2v) is 4.18. The summed E-state index contributed by atoms with van der Waals surface area (Å²) >= 11 is 0. The quantitative estimate of drug-likeness (QED) is 0.542. The molecule has 2 aromatic rings. The third-order valence-electron chi connectivity index (χ3n) is 3.15. The Morgan fingerprint density at radius 3 is 2.11 bits per heavy atom. The van der Waals surface area contributed by atoms with Gasteiger partial charge in [-0.05, 0) is 0 Å². The molecule has 81 valence electrons. The molecule has 2 nitrogen and oxygen atoms in total. The molecule has 1 radical (unpaired) electrons. The Labute approximate surface area is 106 Å². The zero-order valence-corrected chi connectivity index (χ0v) is 9.51. The number of carbonyl (C=O) groups excluding carboxylic acids is 2. The molecule has 0 saturated heterocycles.